The Hall–Kier alpha value is -2.57. The van der Waals surface area contributed by atoms with Gasteiger partial charge in [0.2, 0.25) is 0 Å². The maximum absolute atomic E-state index is 11.7. The van der Waals surface area contributed by atoms with Crippen molar-refractivity contribution in [3.8, 4) is 5.75 Å². The van der Waals surface area contributed by atoms with E-state index < -0.39 is 10.5 Å². The third-order valence-corrected chi connectivity index (χ3v) is 3.12. The van der Waals surface area contributed by atoms with E-state index in [1.165, 1.54) is 6.92 Å². The molecule has 130 valence electrons. The number of rotatable bonds is 4. The number of aromatic nitrogens is 1. The second kappa shape index (κ2) is 8.50. The van der Waals surface area contributed by atoms with Crippen molar-refractivity contribution in [2.24, 2.45) is 0 Å². The van der Waals surface area contributed by atoms with E-state index in [0.29, 0.717) is 23.4 Å². The molecule has 0 unspecified atom stereocenters. The van der Waals surface area contributed by atoms with Crippen LogP contribution in [0.5, 0.6) is 5.75 Å². The van der Waals surface area contributed by atoms with Crippen LogP contribution in [-0.2, 0) is 6.61 Å². The Kier molecular flexibility index (Phi) is 6.38. The largest absolute Gasteiger partial charge is 0.489 e. The summed E-state index contributed by atoms with van der Waals surface area (Å²) in [6, 6.07) is 12.9. The fourth-order valence-electron chi connectivity index (χ4n) is 2.12. The van der Waals surface area contributed by atoms with Crippen molar-refractivity contribution in [3.05, 3.63) is 64.1 Å². The van der Waals surface area contributed by atoms with Gasteiger partial charge in [-0.15, -0.1) is 0 Å². The zero-order valence-electron chi connectivity index (χ0n) is 13.0. The van der Waals surface area contributed by atoms with E-state index in [9.17, 15) is 9.59 Å². The van der Waals surface area contributed by atoms with Crippen molar-refractivity contribution in [1.82, 2.24) is 4.98 Å². The van der Waals surface area contributed by atoms with E-state index in [1.807, 2.05) is 30.3 Å². The minimum atomic E-state index is -0.889. The van der Waals surface area contributed by atoms with E-state index >= 15 is 0 Å². The number of fused-ring (bicyclic) bond motifs is 1. The highest BCUT2D eigenvalue weighted by Crippen LogP contribution is 2.24. The van der Waals surface area contributed by atoms with Crippen molar-refractivity contribution in [3.63, 3.8) is 0 Å². The number of nitrogens with one attached hydrogen (secondary N) is 1. The molecule has 0 saturated carbocycles. The maximum Gasteiger partial charge on any atom is 0.417 e. The number of hydrogen-bond acceptors (Lipinski definition) is 5. The fraction of sp³-hybridized carbons (Fsp3) is 0.118. The molecule has 0 atom stereocenters. The van der Waals surface area contributed by atoms with E-state index in [0.717, 1.165) is 5.56 Å². The highest BCUT2D eigenvalue weighted by Gasteiger charge is 2.13. The second-order valence-corrected chi connectivity index (χ2v) is 5.80. The molecule has 0 aliphatic heterocycles. The Balaban J connectivity index is 0.000000511. The molecule has 25 heavy (non-hydrogen) atoms. The lowest BCUT2D eigenvalue weighted by Crippen LogP contribution is -1.98. The van der Waals surface area contributed by atoms with Crippen LogP contribution < -0.4 is 10.5 Å². The Morgan fingerprint density at radius 2 is 1.80 bits per heavy atom. The number of Topliss-reactive ketones (excluding diaryl/α,β-unsaturated/α-hetero) is 1. The molecular formula is C17H13Cl2NO5. The van der Waals surface area contributed by atoms with Crippen LogP contribution in [-0.4, -0.2) is 15.5 Å². The van der Waals surface area contributed by atoms with E-state index in [-0.39, 0.29) is 11.4 Å². The molecule has 1 aromatic heterocycles. The number of aromatic amines is 1. The summed E-state index contributed by atoms with van der Waals surface area (Å²) in [5, 5.41) is 0. The monoisotopic (exact) mass is 381 g/mol. The topological polar surface area (TPSA) is 89.4 Å². The van der Waals surface area contributed by atoms with Crippen LogP contribution >= 0.6 is 23.2 Å². The summed E-state index contributed by atoms with van der Waals surface area (Å²) in [5.74, 6) is -0.269. The quantitative estimate of drug-likeness (QED) is 0.531. The first-order valence-corrected chi connectivity index (χ1v) is 7.82. The normalized spacial score (nSPS) is 10.0. The Labute approximate surface area is 152 Å². The first-order valence-electron chi connectivity index (χ1n) is 7.06. The van der Waals surface area contributed by atoms with Gasteiger partial charge < -0.3 is 9.15 Å². The Morgan fingerprint density at radius 3 is 2.40 bits per heavy atom. The van der Waals surface area contributed by atoms with E-state index in [2.05, 4.69) is 28.2 Å². The van der Waals surface area contributed by atoms with Crippen molar-refractivity contribution in [2.75, 3.05) is 0 Å². The second-order valence-electron chi connectivity index (χ2n) is 4.92. The molecule has 8 heteroatoms. The lowest BCUT2D eigenvalue weighted by atomic mass is 10.1. The molecule has 3 rings (SSSR count). The van der Waals surface area contributed by atoms with Gasteiger partial charge in [-0.25, -0.2) is 4.79 Å². The summed E-state index contributed by atoms with van der Waals surface area (Å²) in [5.41, 5.74) is 2.06. The first kappa shape index (κ1) is 18.8. The zero-order valence-corrected chi connectivity index (χ0v) is 14.6. The van der Waals surface area contributed by atoms with Gasteiger partial charge in [-0.3, -0.25) is 14.6 Å². The maximum atomic E-state index is 11.7. The van der Waals surface area contributed by atoms with Gasteiger partial charge in [0.1, 0.15) is 12.4 Å². The highest BCUT2D eigenvalue weighted by atomic mass is 35.5. The summed E-state index contributed by atoms with van der Waals surface area (Å²) in [4.78, 5) is 34.5. The molecule has 0 aliphatic carbocycles. The predicted octanol–water partition coefficient (Wildman–Crippen LogP) is 4.49. The molecule has 0 amide bonds. The van der Waals surface area contributed by atoms with Gasteiger partial charge in [0, 0.05) is 6.07 Å². The predicted molar refractivity (Wildman–Crippen MR) is 94.7 cm³/mol. The summed E-state index contributed by atoms with van der Waals surface area (Å²) < 4.78 is 9.79. The summed E-state index contributed by atoms with van der Waals surface area (Å²) in [7, 11) is 0. The SMILES string of the molecule is CC(=O)c1cc(OCc2ccccc2)cc2[nH]c(=O)oc12.O=C(Cl)Cl. The molecule has 6 nitrogen and oxygen atoms in total. The van der Waals surface area contributed by atoms with Gasteiger partial charge in [0.05, 0.1) is 11.1 Å². The average Bonchev–Trinajstić information content (AvgIpc) is 2.92. The lowest BCUT2D eigenvalue weighted by molar-refractivity contribution is 0.101. The highest BCUT2D eigenvalue weighted by molar-refractivity contribution is 6.93. The number of H-pyrrole nitrogens is 1. The van der Waals surface area contributed by atoms with Gasteiger partial charge >= 0.3 is 10.5 Å². The number of hydrogen-bond donors (Lipinski definition) is 1. The fourth-order valence-corrected chi connectivity index (χ4v) is 2.12. The van der Waals surface area contributed by atoms with E-state index in [1.54, 1.807) is 12.1 Å². The van der Waals surface area contributed by atoms with Crippen molar-refractivity contribution in [1.29, 1.82) is 0 Å². The lowest BCUT2D eigenvalue weighted by Gasteiger charge is -2.07. The molecule has 0 spiro atoms. The molecule has 0 fully saturated rings. The van der Waals surface area contributed by atoms with Crippen LogP contribution in [0.25, 0.3) is 11.1 Å². The first-order chi connectivity index (χ1) is 11.9. The van der Waals surface area contributed by atoms with Gasteiger partial charge in [-0.05, 0) is 41.8 Å². The minimum absolute atomic E-state index is 0.187. The van der Waals surface area contributed by atoms with Crippen molar-refractivity contribution >= 4 is 44.8 Å². The van der Waals surface area contributed by atoms with E-state index in [4.69, 9.17) is 13.9 Å². The third kappa shape index (κ3) is 5.48. The summed E-state index contributed by atoms with van der Waals surface area (Å²) >= 11 is 8.80. The standard InChI is InChI=1S/C16H13NO4.CCl2O/c1-10(18)13-7-12(8-14-15(13)21-16(19)17-14)20-9-11-5-3-2-4-6-11;2-1(3)4/h2-8H,9H2,1H3,(H,17,19);. The molecule has 0 aliphatic rings. The smallest absolute Gasteiger partial charge is 0.417 e. The summed E-state index contributed by atoms with van der Waals surface area (Å²) in [6.07, 6.45) is 0. The number of carbonyl (C=O) groups is 2. The number of carbonyl (C=O) groups excluding carboxylic acids is 2. The average molecular weight is 382 g/mol. The van der Waals surface area contributed by atoms with Crippen LogP contribution in [0.3, 0.4) is 0 Å². The Morgan fingerprint density at radius 1 is 1.16 bits per heavy atom. The molecular weight excluding hydrogens is 369 g/mol. The van der Waals surface area contributed by atoms with Crippen LogP contribution in [0.4, 0.5) is 4.79 Å². The number of benzene rings is 2. The molecule has 3 aromatic rings. The minimum Gasteiger partial charge on any atom is -0.489 e. The zero-order chi connectivity index (χ0) is 18.4. The van der Waals surface area contributed by atoms with Crippen LogP contribution in [0, 0.1) is 0 Å². The Bertz CT molecular complexity index is 943. The number of halogens is 2. The summed E-state index contributed by atoms with van der Waals surface area (Å²) in [6.45, 7) is 1.80. The van der Waals surface area contributed by atoms with Gasteiger partial charge in [0.25, 0.3) is 0 Å². The van der Waals surface area contributed by atoms with Crippen molar-refractivity contribution in [2.45, 2.75) is 13.5 Å². The van der Waals surface area contributed by atoms with Crippen molar-refractivity contribution < 1.29 is 18.7 Å². The molecule has 0 radical (unpaired) electrons. The number of oxazole rings is 1. The van der Waals surface area contributed by atoms with Gasteiger partial charge in [-0.2, -0.15) is 0 Å². The molecule has 0 saturated heterocycles. The van der Waals surface area contributed by atoms with Crippen LogP contribution in [0.15, 0.2) is 51.7 Å². The van der Waals surface area contributed by atoms with Crippen LogP contribution in [0.2, 0.25) is 0 Å². The molecule has 2 aromatic carbocycles. The number of ketones is 1. The molecule has 0 bridgehead atoms. The van der Waals surface area contributed by atoms with Crippen LogP contribution in [0.1, 0.15) is 22.8 Å². The van der Waals surface area contributed by atoms with Gasteiger partial charge in [0.15, 0.2) is 11.4 Å². The molecule has 1 heterocycles. The van der Waals surface area contributed by atoms with Gasteiger partial charge in [-0.1, -0.05) is 30.3 Å². The number of ether oxygens (including phenoxy) is 1. The molecule has 1 N–H and O–H groups in total. The third-order valence-electron chi connectivity index (χ3n) is 3.12.